The van der Waals surface area contributed by atoms with Crippen LogP contribution in [0.1, 0.15) is 18.2 Å². The molecular weight excluding hydrogens is 226 g/mol. The van der Waals surface area contributed by atoms with E-state index >= 15 is 0 Å². The third-order valence-electron chi connectivity index (χ3n) is 2.68. The predicted molar refractivity (Wildman–Crippen MR) is 71.7 cm³/mol. The van der Waals surface area contributed by atoms with E-state index in [0.717, 1.165) is 23.7 Å². The fourth-order valence-corrected chi connectivity index (χ4v) is 1.54. The van der Waals surface area contributed by atoms with Gasteiger partial charge in [0.05, 0.1) is 18.1 Å². The van der Waals surface area contributed by atoms with Crippen LogP contribution in [-0.4, -0.2) is 17.0 Å². The van der Waals surface area contributed by atoms with E-state index in [1.54, 1.807) is 12.4 Å². The summed E-state index contributed by atoms with van der Waals surface area (Å²) in [7, 11) is 1.81. The number of nitrogens with zero attached hydrogens (tertiary/aromatic N) is 2. The van der Waals surface area contributed by atoms with Gasteiger partial charge in [-0.1, -0.05) is 19.1 Å². The number of hydrogen-bond acceptors (Lipinski definition) is 4. The van der Waals surface area contributed by atoms with Crippen molar-refractivity contribution in [3.8, 4) is 5.75 Å². The molecule has 0 spiro atoms. The summed E-state index contributed by atoms with van der Waals surface area (Å²) in [5.74, 6) is 1.61. The lowest BCUT2D eigenvalue weighted by atomic mass is 10.2. The third-order valence-corrected chi connectivity index (χ3v) is 2.68. The highest BCUT2D eigenvalue weighted by molar-refractivity contribution is 5.30. The van der Waals surface area contributed by atoms with Crippen molar-refractivity contribution in [2.75, 3.05) is 12.4 Å². The van der Waals surface area contributed by atoms with Gasteiger partial charge in [-0.05, 0) is 24.1 Å². The molecule has 0 unspecified atom stereocenters. The first-order chi connectivity index (χ1) is 8.81. The van der Waals surface area contributed by atoms with Crippen LogP contribution in [0.25, 0.3) is 0 Å². The van der Waals surface area contributed by atoms with E-state index in [1.807, 2.05) is 19.2 Å². The Morgan fingerprint density at radius 1 is 1.11 bits per heavy atom. The van der Waals surface area contributed by atoms with Crippen LogP contribution in [0.2, 0.25) is 0 Å². The number of aromatic nitrogens is 2. The molecule has 0 aliphatic carbocycles. The summed E-state index contributed by atoms with van der Waals surface area (Å²) < 4.78 is 5.64. The van der Waals surface area contributed by atoms with Crippen LogP contribution in [0.4, 0.5) is 5.82 Å². The van der Waals surface area contributed by atoms with Crippen molar-refractivity contribution in [1.82, 2.24) is 9.97 Å². The number of rotatable bonds is 5. The lowest BCUT2D eigenvalue weighted by Crippen LogP contribution is -2.01. The maximum absolute atomic E-state index is 5.64. The van der Waals surface area contributed by atoms with Crippen molar-refractivity contribution in [3.05, 3.63) is 47.9 Å². The number of hydrogen-bond donors (Lipinski definition) is 1. The fourth-order valence-electron chi connectivity index (χ4n) is 1.54. The molecule has 4 heteroatoms. The number of anilines is 1. The average Bonchev–Trinajstić information content (AvgIpc) is 2.46. The number of ether oxygens (including phenoxy) is 1. The molecule has 2 rings (SSSR count). The minimum Gasteiger partial charge on any atom is -0.487 e. The van der Waals surface area contributed by atoms with Gasteiger partial charge >= 0.3 is 0 Å². The Bertz CT molecular complexity index is 432. The predicted octanol–water partition coefficient (Wildman–Crippen LogP) is 2.66. The first-order valence-electron chi connectivity index (χ1n) is 6.02. The van der Waals surface area contributed by atoms with Crippen molar-refractivity contribution >= 4 is 5.82 Å². The zero-order valence-corrected chi connectivity index (χ0v) is 10.7. The summed E-state index contributed by atoms with van der Waals surface area (Å²) in [4.78, 5) is 8.43. The van der Waals surface area contributed by atoms with E-state index in [9.17, 15) is 0 Å². The normalized spacial score (nSPS) is 10.1. The molecule has 1 aromatic carbocycles. The molecule has 0 radical (unpaired) electrons. The van der Waals surface area contributed by atoms with Crippen LogP contribution in [0, 0.1) is 0 Å². The van der Waals surface area contributed by atoms with Crippen LogP contribution in [0.15, 0.2) is 36.7 Å². The summed E-state index contributed by atoms with van der Waals surface area (Å²) in [5.41, 5.74) is 2.12. The molecule has 0 atom stereocenters. The molecule has 0 fully saturated rings. The largest absolute Gasteiger partial charge is 0.487 e. The summed E-state index contributed by atoms with van der Waals surface area (Å²) in [6.45, 7) is 2.57. The second kappa shape index (κ2) is 6.00. The molecule has 1 aromatic heterocycles. The van der Waals surface area contributed by atoms with Gasteiger partial charge in [0.2, 0.25) is 0 Å². The monoisotopic (exact) mass is 243 g/mol. The van der Waals surface area contributed by atoms with Crippen molar-refractivity contribution in [2.24, 2.45) is 0 Å². The topological polar surface area (TPSA) is 47.0 Å². The summed E-state index contributed by atoms with van der Waals surface area (Å²) in [5, 5.41) is 2.93. The Balaban J connectivity index is 1.93. The van der Waals surface area contributed by atoms with Gasteiger partial charge in [0.25, 0.3) is 0 Å². The molecule has 0 aliphatic rings. The fraction of sp³-hybridized carbons (Fsp3) is 0.286. The quantitative estimate of drug-likeness (QED) is 0.877. The first kappa shape index (κ1) is 12.4. The van der Waals surface area contributed by atoms with E-state index in [4.69, 9.17) is 4.74 Å². The highest BCUT2D eigenvalue weighted by Crippen LogP contribution is 2.14. The third kappa shape index (κ3) is 3.20. The molecule has 94 valence electrons. The van der Waals surface area contributed by atoms with Crippen LogP contribution in [0.3, 0.4) is 0 Å². The van der Waals surface area contributed by atoms with Gasteiger partial charge < -0.3 is 10.1 Å². The van der Waals surface area contributed by atoms with Gasteiger partial charge in [-0.25, -0.2) is 4.98 Å². The highest BCUT2D eigenvalue weighted by Gasteiger charge is 1.98. The first-order valence-corrected chi connectivity index (χ1v) is 6.02. The lowest BCUT2D eigenvalue weighted by Gasteiger charge is -2.06. The smallest absolute Gasteiger partial charge is 0.144 e. The molecule has 0 saturated carbocycles. The van der Waals surface area contributed by atoms with E-state index in [0.29, 0.717) is 6.61 Å². The Kier molecular flexibility index (Phi) is 4.12. The van der Waals surface area contributed by atoms with Crippen molar-refractivity contribution in [1.29, 1.82) is 0 Å². The van der Waals surface area contributed by atoms with E-state index < -0.39 is 0 Å². The molecule has 0 saturated heterocycles. The van der Waals surface area contributed by atoms with Crippen molar-refractivity contribution in [2.45, 2.75) is 20.0 Å². The molecule has 0 aliphatic heterocycles. The second-order valence-corrected chi connectivity index (χ2v) is 3.93. The maximum Gasteiger partial charge on any atom is 0.144 e. The summed E-state index contributed by atoms with van der Waals surface area (Å²) in [6.07, 6.45) is 4.45. The molecule has 1 N–H and O–H groups in total. The van der Waals surface area contributed by atoms with Crippen LogP contribution < -0.4 is 10.1 Å². The Hall–Kier alpha value is -2.10. The van der Waals surface area contributed by atoms with E-state index in [1.165, 1.54) is 5.56 Å². The van der Waals surface area contributed by atoms with Gasteiger partial charge in [-0.2, -0.15) is 0 Å². The SMILES string of the molecule is CCc1ccc(OCc2cnc(NC)cn2)cc1. The minimum absolute atomic E-state index is 0.433. The highest BCUT2D eigenvalue weighted by atomic mass is 16.5. The molecule has 0 bridgehead atoms. The molecular formula is C14H17N3O. The molecule has 0 amide bonds. The van der Waals surface area contributed by atoms with Crippen LogP contribution in [-0.2, 0) is 13.0 Å². The van der Waals surface area contributed by atoms with Gasteiger partial charge in [0.15, 0.2) is 0 Å². The van der Waals surface area contributed by atoms with Crippen LogP contribution in [0.5, 0.6) is 5.75 Å². The number of benzene rings is 1. The van der Waals surface area contributed by atoms with Crippen molar-refractivity contribution < 1.29 is 4.74 Å². The molecule has 1 heterocycles. The van der Waals surface area contributed by atoms with E-state index in [-0.39, 0.29) is 0 Å². The number of aryl methyl sites for hydroxylation is 1. The van der Waals surface area contributed by atoms with E-state index in [2.05, 4.69) is 34.3 Å². The van der Waals surface area contributed by atoms with Gasteiger partial charge in [-0.3, -0.25) is 4.98 Å². The standard InChI is InChI=1S/C14H17N3O/c1-3-11-4-6-13(7-5-11)18-10-12-8-17-14(15-2)9-16-12/h4-9H,3,10H2,1-2H3,(H,15,17). The zero-order chi connectivity index (χ0) is 12.8. The number of nitrogens with one attached hydrogen (secondary N) is 1. The molecule has 4 nitrogen and oxygen atoms in total. The maximum atomic E-state index is 5.64. The molecule has 18 heavy (non-hydrogen) atoms. The Labute approximate surface area is 107 Å². The summed E-state index contributed by atoms with van der Waals surface area (Å²) >= 11 is 0. The average molecular weight is 243 g/mol. The summed E-state index contributed by atoms with van der Waals surface area (Å²) in [6, 6.07) is 8.11. The minimum atomic E-state index is 0.433. The van der Waals surface area contributed by atoms with Gasteiger partial charge in [-0.15, -0.1) is 0 Å². The van der Waals surface area contributed by atoms with Crippen molar-refractivity contribution in [3.63, 3.8) is 0 Å². The Morgan fingerprint density at radius 3 is 2.44 bits per heavy atom. The lowest BCUT2D eigenvalue weighted by molar-refractivity contribution is 0.301. The second-order valence-electron chi connectivity index (χ2n) is 3.93. The molecule has 2 aromatic rings. The van der Waals surface area contributed by atoms with Crippen LogP contribution >= 0.6 is 0 Å². The van der Waals surface area contributed by atoms with Gasteiger partial charge in [0, 0.05) is 7.05 Å². The van der Waals surface area contributed by atoms with Gasteiger partial charge in [0.1, 0.15) is 18.2 Å². The Morgan fingerprint density at radius 2 is 1.89 bits per heavy atom. The zero-order valence-electron chi connectivity index (χ0n) is 10.7.